The van der Waals surface area contributed by atoms with Crippen molar-refractivity contribution >= 4 is 24.3 Å². The van der Waals surface area contributed by atoms with E-state index < -0.39 is 53.1 Å². The van der Waals surface area contributed by atoms with Crippen molar-refractivity contribution in [2.75, 3.05) is 6.54 Å². The summed E-state index contributed by atoms with van der Waals surface area (Å²) < 4.78 is 87.4. The van der Waals surface area contributed by atoms with Crippen LogP contribution in [0, 0.1) is 17.5 Å². The molecule has 4 rings (SSSR count). The number of imidazole rings is 1. The molecule has 7 nitrogen and oxygen atoms in total. The zero-order valence-electron chi connectivity index (χ0n) is 20.2. The van der Waals surface area contributed by atoms with Crippen molar-refractivity contribution in [2.24, 2.45) is 5.73 Å². The Balaban J connectivity index is 0.00000420. The van der Waals surface area contributed by atoms with E-state index in [4.69, 9.17) is 10.5 Å². The van der Waals surface area contributed by atoms with E-state index in [1.165, 1.54) is 4.90 Å². The van der Waals surface area contributed by atoms with E-state index in [9.17, 15) is 35.9 Å². The van der Waals surface area contributed by atoms with Crippen LogP contribution in [0.3, 0.4) is 0 Å². The fraction of sp³-hybridized carbons (Fsp3) is 0.320. The number of esters is 1. The van der Waals surface area contributed by atoms with Crippen LogP contribution in [0.2, 0.25) is 0 Å². The van der Waals surface area contributed by atoms with Crippen molar-refractivity contribution in [3.8, 4) is 0 Å². The van der Waals surface area contributed by atoms with Gasteiger partial charge in [-0.15, -0.1) is 12.4 Å². The molecule has 210 valence electrons. The van der Waals surface area contributed by atoms with E-state index in [2.05, 4.69) is 4.98 Å². The van der Waals surface area contributed by atoms with Crippen LogP contribution < -0.4 is 5.73 Å². The van der Waals surface area contributed by atoms with Gasteiger partial charge in [-0.25, -0.2) is 22.9 Å². The number of fused-ring (bicyclic) bond motifs is 1. The van der Waals surface area contributed by atoms with Crippen LogP contribution in [0.5, 0.6) is 0 Å². The molecule has 0 fully saturated rings. The summed E-state index contributed by atoms with van der Waals surface area (Å²) >= 11 is 0. The second-order valence-corrected chi connectivity index (χ2v) is 8.78. The molecule has 3 aromatic rings. The smallest absolute Gasteiger partial charge is 0.449 e. The maximum absolute atomic E-state index is 13.9. The molecule has 1 aliphatic rings. The van der Waals surface area contributed by atoms with Crippen LogP contribution in [0.4, 0.5) is 26.3 Å². The average molecular weight is 577 g/mol. The first-order valence-corrected chi connectivity index (χ1v) is 11.5. The Labute approximate surface area is 225 Å². The highest BCUT2D eigenvalue weighted by molar-refractivity contribution is 5.89. The van der Waals surface area contributed by atoms with E-state index in [0.717, 1.165) is 4.57 Å². The molecule has 0 saturated carbocycles. The molecule has 1 aromatic heterocycles. The van der Waals surface area contributed by atoms with E-state index >= 15 is 0 Å². The molecule has 2 aromatic carbocycles. The minimum atomic E-state index is -4.85. The predicted octanol–water partition coefficient (Wildman–Crippen LogP) is 4.40. The molecule has 0 aliphatic carbocycles. The van der Waals surface area contributed by atoms with Gasteiger partial charge in [0.25, 0.3) is 0 Å². The highest BCUT2D eigenvalue weighted by Gasteiger charge is 2.42. The standard InChI is InChI=1S/C25H22F6N4O3.ClH/c26-17-11-19(28)18(27)9-15(17)8-16(32)10-21(36)34-6-7-35-20(12-34)22(33-24(35)25(29,30)31)23(37)38-13-14-4-2-1-3-5-14;/h1-5,9,11,16H,6-8,10,12-13,32H2;1H. The van der Waals surface area contributed by atoms with Crippen LogP contribution in [-0.4, -0.2) is 38.9 Å². The van der Waals surface area contributed by atoms with Crippen LogP contribution in [0.1, 0.15) is 39.6 Å². The second-order valence-electron chi connectivity index (χ2n) is 8.78. The first-order valence-electron chi connectivity index (χ1n) is 11.5. The van der Waals surface area contributed by atoms with E-state index in [1.54, 1.807) is 30.3 Å². The molecule has 0 spiro atoms. The van der Waals surface area contributed by atoms with Crippen molar-refractivity contribution in [1.29, 1.82) is 0 Å². The number of rotatable bonds is 7. The van der Waals surface area contributed by atoms with Crippen LogP contribution >= 0.6 is 12.4 Å². The van der Waals surface area contributed by atoms with E-state index in [-0.39, 0.29) is 62.7 Å². The van der Waals surface area contributed by atoms with Crippen molar-refractivity contribution < 1.29 is 40.7 Å². The third-order valence-corrected chi connectivity index (χ3v) is 6.03. The molecule has 14 heteroatoms. The second kappa shape index (κ2) is 12.1. The monoisotopic (exact) mass is 576 g/mol. The number of nitrogens with zero attached hydrogens (tertiary/aromatic N) is 3. The minimum absolute atomic E-state index is 0. The summed E-state index contributed by atoms with van der Waals surface area (Å²) in [5, 5.41) is 0. The number of nitrogens with two attached hydrogens (primary N) is 1. The lowest BCUT2D eigenvalue weighted by molar-refractivity contribution is -0.148. The molecule has 1 aliphatic heterocycles. The Bertz CT molecular complexity index is 1350. The van der Waals surface area contributed by atoms with Gasteiger partial charge in [-0.1, -0.05) is 30.3 Å². The summed E-state index contributed by atoms with van der Waals surface area (Å²) in [5.41, 5.74) is 5.62. The third-order valence-electron chi connectivity index (χ3n) is 6.03. The molecule has 0 radical (unpaired) electrons. The molecule has 1 unspecified atom stereocenters. The molecular weight excluding hydrogens is 554 g/mol. The zero-order chi connectivity index (χ0) is 27.6. The molecule has 39 heavy (non-hydrogen) atoms. The number of hydrogen-bond acceptors (Lipinski definition) is 5. The van der Waals surface area contributed by atoms with Gasteiger partial charge in [0.2, 0.25) is 11.7 Å². The zero-order valence-corrected chi connectivity index (χ0v) is 21.0. The number of ether oxygens (including phenoxy) is 1. The number of carbonyl (C=O) groups excluding carboxylic acids is 2. The first-order chi connectivity index (χ1) is 17.9. The van der Waals surface area contributed by atoms with Crippen molar-refractivity contribution in [3.05, 3.63) is 88.3 Å². The summed E-state index contributed by atoms with van der Waals surface area (Å²) in [4.78, 5) is 30.3. The van der Waals surface area contributed by atoms with Crippen molar-refractivity contribution in [1.82, 2.24) is 14.5 Å². The molecule has 0 saturated heterocycles. The summed E-state index contributed by atoms with van der Waals surface area (Å²) in [7, 11) is 0. The van der Waals surface area contributed by atoms with Gasteiger partial charge >= 0.3 is 12.1 Å². The van der Waals surface area contributed by atoms with Gasteiger partial charge in [0, 0.05) is 31.6 Å². The van der Waals surface area contributed by atoms with Crippen LogP contribution in [-0.2, 0) is 41.8 Å². The number of hydrogen-bond donors (Lipinski definition) is 1. The summed E-state index contributed by atoms with van der Waals surface area (Å²) in [6.45, 7) is -0.979. The van der Waals surface area contributed by atoms with Crippen molar-refractivity contribution in [2.45, 2.75) is 44.8 Å². The highest BCUT2D eigenvalue weighted by atomic mass is 35.5. The fourth-order valence-corrected chi connectivity index (χ4v) is 4.18. The summed E-state index contributed by atoms with van der Waals surface area (Å²) in [6.07, 6.45) is -5.49. The van der Waals surface area contributed by atoms with Gasteiger partial charge in [0.15, 0.2) is 17.3 Å². The maximum atomic E-state index is 13.9. The lowest BCUT2D eigenvalue weighted by Gasteiger charge is -2.30. The Kier molecular flexibility index (Phi) is 9.28. The summed E-state index contributed by atoms with van der Waals surface area (Å²) in [6, 6.07) is 8.55. The number of carbonyl (C=O) groups is 2. The van der Waals surface area contributed by atoms with Gasteiger partial charge in [-0.3, -0.25) is 4.79 Å². The number of halogens is 7. The Hall–Kier alpha value is -3.58. The molecule has 0 bridgehead atoms. The maximum Gasteiger partial charge on any atom is 0.449 e. The van der Waals surface area contributed by atoms with Gasteiger partial charge in [-0.2, -0.15) is 13.2 Å². The molecular formula is C25H23ClF6N4O3. The Morgan fingerprint density at radius 2 is 1.69 bits per heavy atom. The number of alkyl halides is 3. The third kappa shape index (κ3) is 6.90. The van der Waals surface area contributed by atoms with Crippen LogP contribution in [0.25, 0.3) is 0 Å². The molecule has 1 atom stereocenters. The van der Waals surface area contributed by atoms with Crippen molar-refractivity contribution in [3.63, 3.8) is 0 Å². The van der Waals surface area contributed by atoms with Gasteiger partial charge in [-0.05, 0) is 23.6 Å². The molecule has 2 heterocycles. The fourth-order valence-electron chi connectivity index (χ4n) is 4.18. The molecule has 2 N–H and O–H groups in total. The van der Waals surface area contributed by atoms with E-state index in [1.807, 2.05) is 0 Å². The minimum Gasteiger partial charge on any atom is -0.456 e. The number of aromatic nitrogens is 2. The average Bonchev–Trinajstić information content (AvgIpc) is 3.26. The highest BCUT2D eigenvalue weighted by Crippen LogP contribution is 2.33. The van der Waals surface area contributed by atoms with Gasteiger partial charge in [0.05, 0.1) is 12.2 Å². The number of amides is 1. The topological polar surface area (TPSA) is 90.5 Å². The van der Waals surface area contributed by atoms with Crippen LogP contribution in [0.15, 0.2) is 42.5 Å². The summed E-state index contributed by atoms with van der Waals surface area (Å²) in [5.74, 6) is -6.59. The van der Waals surface area contributed by atoms with Gasteiger partial charge < -0.3 is 19.9 Å². The van der Waals surface area contributed by atoms with Gasteiger partial charge in [0.1, 0.15) is 12.4 Å². The largest absolute Gasteiger partial charge is 0.456 e. The quantitative estimate of drug-likeness (QED) is 0.256. The molecule has 1 amide bonds. The first kappa shape index (κ1) is 30.0. The lowest BCUT2D eigenvalue weighted by atomic mass is 10.0. The van der Waals surface area contributed by atoms with E-state index in [0.29, 0.717) is 17.7 Å². The number of benzene rings is 2. The predicted molar refractivity (Wildman–Crippen MR) is 128 cm³/mol. The Morgan fingerprint density at radius 3 is 2.36 bits per heavy atom. The normalized spacial score (nSPS) is 13.9. The SMILES string of the molecule is Cl.NC(CC(=O)N1CCn2c(C(F)(F)F)nc(C(=O)OCc3ccccc3)c2C1)Cc1cc(F)c(F)cc1F. The lowest BCUT2D eigenvalue weighted by Crippen LogP contribution is -2.42. The Morgan fingerprint density at radius 1 is 1.03 bits per heavy atom.